The Kier molecular flexibility index (Phi) is 5.18. The van der Waals surface area contributed by atoms with Gasteiger partial charge in [0.15, 0.2) is 6.10 Å². The highest BCUT2D eigenvalue weighted by atomic mass is 16.7. The zero-order valence-corrected chi connectivity index (χ0v) is 13.9. The number of carbonyl (C=O) groups excluding carboxylic acids is 1. The van der Waals surface area contributed by atoms with Crippen LogP contribution in [0.2, 0.25) is 0 Å². The predicted molar refractivity (Wildman–Crippen MR) is 87.6 cm³/mol. The normalized spacial score (nSPS) is 23.7. The summed E-state index contributed by atoms with van der Waals surface area (Å²) in [5, 5.41) is 0. The minimum atomic E-state index is -0.378. The number of hydrogen-bond donors (Lipinski definition) is 0. The molecule has 1 saturated heterocycles. The average molecular weight is 319 g/mol. The van der Waals surface area contributed by atoms with Crippen LogP contribution in [0.3, 0.4) is 0 Å². The highest BCUT2D eigenvalue weighted by Crippen LogP contribution is 2.37. The van der Waals surface area contributed by atoms with Crippen LogP contribution in [0.4, 0.5) is 5.69 Å². The van der Waals surface area contributed by atoms with Crippen molar-refractivity contribution in [1.82, 2.24) is 0 Å². The van der Waals surface area contributed by atoms with Crippen molar-refractivity contribution in [2.75, 3.05) is 25.9 Å². The van der Waals surface area contributed by atoms with Crippen molar-refractivity contribution in [2.45, 2.75) is 44.2 Å². The van der Waals surface area contributed by atoms with E-state index in [-0.39, 0.29) is 24.8 Å². The lowest BCUT2D eigenvalue weighted by atomic mass is 9.91. The first-order valence-corrected chi connectivity index (χ1v) is 8.32. The van der Waals surface area contributed by atoms with Crippen molar-refractivity contribution in [3.63, 3.8) is 0 Å². The maximum Gasteiger partial charge on any atom is 0.258 e. The lowest BCUT2D eigenvalue weighted by Gasteiger charge is -2.46. The molecule has 1 amide bonds. The van der Waals surface area contributed by atoms with Gasteiger partial charge in [0.2, 0.25) is 0 Å². The number of rotatable bonds is 9. The quantitative estimate of drug-likeness (QED) is 0.518. The molecule has 1 aliphatic heterocycles. The molecular weight excluding hydrogens is 294 g/mol. The van der Waals surface area contributed by atoms with Gasteiger partial charge in [0.1, 0.15) is 12.5 Å². The van der Waals surface area contributed by atoms with Crippen LogP contribution in [0.25, 0.3) is 0 Å². The van der Waals surface area contributed by atoms with Gasteiger partial charge in [-0.25, -0.2) is 0 Å². The third-order valence-corrected chi connectivity index (χ3v) is 4.69. The molecule has 0 radical (unpaired) electrons. The number of nitrogens with zero attached hydrogens (tertiary/aromatic N) is 1. The van der Waals surface area contributed by atoms with Crippen molar-refractivity contribution in [1.29, 1.82) is 0 Å². The monoisotopic (exact) mass is 319 g/mol. The fraction of sp³-hybridized carbons (Fsp3) is 0.611. The second-order valence-corrected chi connectivity index (χ2v) is 6.34. The number of benzene rings is 1. The molecule has 3 rings (SSSR count). The van der Waals surface area contributed by atoms with E-state index < -0.39 is 0 Å². The van der Waals surface area contributed by atoms with Gasteiger partial charge >= 0.3 is 0 Å². The van der Waals surface area contributed by atoms with Crippen molar-refractivity contribution < 1.29 is 19.0 Å². The second-order valence-electron chi connectivity index (χ2n) is 6.34. The summed E-state index contributed by atoms with van der Waals surface area (Å²) in [6.07, 6.45) is 5.74. The van der Waals surface area contributed by atoms with Gasteiger partial charge in [0.05, 0.1) is 13.2 Å². The Morgan fingerprint density at radius 2 is 1.87 bits per heavy atom. The lowest BCUT2D eigenvalue weighted by Crippen LogP contribution is -2.66. The van der Waals surface area contributed by atoms with Crippen molar-refractivity contribution >= 4 is 11.6 Å². The first-order valence-electron chi connectivity index (χ1n) is 8.32. The molecule has 5 heteroatoms. The molecule has 0 aromatic heterocycles. The molecule has 5 nitrogen and oxygen atoms in total. The molecule has 126 valence electrons. The van der Waals surface area contributed by atoms with Gasteiger partial charge in [-0.05, 0) is 36.6 Å². The number of amides is 1. The smallest absolute Gasteiger partial charge is 0.258 e. The summed E-state index contributed by atoms with van der Waals surface area (Å²) in [5.74, 6) is 1.72. The summed E-state index contributed by atoms with van der Waals surface area (Å²) in [4.78, 5) is 14.3. The predicted octanol–water partition coefficient (Wildman–Crippen LogP) is 2.98. The van der Waals surface area contributed by atoms with Crippen LogP contribution >= 0.6 is 0 Å². The SMILES string of the molecule is COCO[C@H]1C(=O)N(c2ccc(OC)cc2)C1CCCC1CC1. The van der Waals surface area contributed by atoms with Crippen LogP contribution < -0.4 is 9.64 Å². The van der Waals surface area contributed by atoms with Crippen LogP contribution in [0, 0.1) is 5.92 Å². The number of anilines is 1. The van der Waals surface area contributed by atoms with E-state index in [4.69, 9.17) is 14.2 Å². The van der Waals surface area contributed by atoms with Gasteiger partial charge < -0.3 is 19.1 Å². The zero-order valence-electron chi connectivity index (χ0n) is 13.9. The Morgan fingerprint density at radius 1 is 1.13 bits per heavy atom. The first-order chi connectivity index (χ1) is 11.2. The third kappa shape index (κ3) is 3.67. The molecule has 1 aromatic carbocycles. The summed E-state index contributed by atoms with van der Waals surface area (Å²) >= 11 is 0. The summed E-state index contributed by atoms with van der Waals surface area (Å²) < 4.78 is 15.7. The second kappa shape index (κ2) is 7.32. The molecule has 1 aliphatic carbocycles. The van der Waals surface area contributed by atoms with Crippen molar-refractivity contribution in [2.24, 2.45) is 5.92 Å². The standard InChI is InChI=1S/C18H25NO4/c1-21-12-23-17-16(5-3-4-13-6-7-13)19(18(17)20)14-8-10-15(22-2)11-9-14/h8-11,13,16-17H,3-7,12H2,1-2H3/t16?,17-/m1/s1. The minimum Gasteiger partial charge on any atom is -0.497 e. The van der Waals surface area contributed by atoms with Gasteiger partial charge in [-0.15, -0.1) is 0 Å². The Bertz CT molecular complexity index is 526. The first kappa shape index (κ1) is 16.3. The third-order valence-electron chi connectivity index (χ3n) is 4.69. The molecule has 0 N–H and O–H groups in total. The summed E-state index contributed by atoms with van der Waals surface area (Å²) in [6, 6.07) is 7.72. The van der Waals surface area contributed by atoms with Crippen LogP contribution in [0.1, 0.15) is 32.1 Å². The van der Waals surface area contributed by atoms with Gasteiger partial charge in [0.25, 0.3) is 5.91 Å². The van der Waals surface area contributed by atoms with E-state index in [1.165, 1.54) is 19.3 Å². The Morgan fingerprint density at radius 3 is 2.48 bits per heavy atom. The lowest BCUT2D eigenvalue weighted by molar-refractivity contribution is -0.154. The maximum atomic E-state index is 12.5. The Hall–Kier alpha value is -1.59. The van der Waals surface area contributed by atoms with E-state index in [1.807, 2.05) is 29.2 Å². The molecule has 2 aliphatic rings. The Labute approximate surface area is 137 Å². The highest BCUT2D eigenvalue weighted by molar-refractivity contribution is 6.04. The summed E-state index contributed by atoms with van der Waals surface area (Å²) in [7, 11) is 3.21. The summed E-state index contributed by atoms with van der Waals surface area (Å²) in [6.45, 7) is 0.159. The molecule has 23 heavy (non-hydrogen) atoms. The van der Waals surface area contributed by atoms with Gasteiger partial charge in [-0.1, -0.05) is 25.7 Å². The number of carbonyl (C=O) groups is 1. The number of β-lactam (4-membered cyclic amide) rings is 1. The maximum absolute atomic E-state index is 12.5. The molecule has 1 aromatic rings. The highest BCUT2D eigenvalue weighted by Gasteiger charge is 2.48. The summed E-state index contributed by atoms with van der Waals surface area (Å²) in [5.41, 5.74) is 0.907. The van der Waals surface area contributed by atoms with E-state index in [2.05, 4.69) is 0 Å². The molecule has 2 atom stereocenters. The van der Waals surface area contributed by atoms with E-state index in [9.17, 15) is 4.79 Å². The van der Waals surface area contributed by atoms with Crippen LogP contribution in [-0.4, -0.2) is 39.1 Å². The Balaban J connectivity index is 1.65. The van der Waals surface area contributed by atoms with Crippen molar-refractivity contribution in [3.8, 4) is 5.75 Å². The molecule has 1 heterocycles. The minimum absolute atomic E-state index is 0.0173. The van der Waals surface area contributed by atoms with Gasteiger partial charge in [-0.2, -0.15) is 0 Å². The van der Waals surface area contributed by atoms with Crippen LogP contribution in [0.15, 0.2) is 24.3 Å². The topological polar surface area (TPSA) is 48.0 Å². The van der Waals surface area contributed by atoms with Crippen LogP contribution in [-0.2, 0) is 14.3 Å². The fourth-order valence-electron chi connectivity index (χ4n) is 3.21. The fourth-order valence-corrected chi connectivity index (χ4v) is 3.21. The average Bonchev–Trinajstić information content (AvgIpc) is 3.39. The van der Waals surface area contributed by atoms with Crippen molar-refractivity contribution in [3.05, 3.63) is 24.3 Å². The molecule has 1 saturated carbocycles. The zero-order chi connectivity index (χ0) is 16.2. The number of hydrogen-bond acceptors (Lipinski definition) is 4. The molecule has 2 fully saturated rings. The van der Waals surface area contributed by atoms with E-state index >= 15 is 0 Å². The molecule has 1 unspecified atom stereocenters. The van der Waals surface area contributed by atoms with Gasteiger partial charge in [-0.3, -0.25) is 4.79 Å². The number of ether oxygens (including phenoxy) is 3. The van der Waals surface area contributed by atoms with E-state index in [0.717, 1.165) is 30.2 Å². The molecular formula is C18H25NO4. The molecule has 0 spiro atoms. The largest absolute Gasteiger partial charge is 0.497 e. The van der Waals surface area contributed by atoms with Crippen LogP contribution in [0.5, 0.6) is 5.75 Å². The van der Waals surface area contributed by atoms with E-state index in [1.54, 1.807) is 14.2 Å². The van der Waals surface area contributed by atoms with Gasteiger partial charge in [0, 0.05) is 12.8 Å². The number of methoxy groups -OCH3 is 2. The van der Waals surface area contributed by atoms with E-state index in [0.29, 0.717) is 0 Å². The molecule has 0 bridgehead atoms.